The Bertz CT molecular complexity index is 986. The highest BCUT2D eigenvalue weighted by atomic mass is 35.5. The first-order valence-electron chi connectivity index (χ1n) is 11.7. The molecule has 2 rings (SSSR count). The summed E-state index contributed by atoms with van der Waals surface area (Å²) in [6, 6.07) is 6.46. The lowest BCUT2D eigenvalue weighted by Crippen LogP contribution is -2.47. The van der Waals surface area contributed by atoms with Crippen molar-refractivity contribution in [2.45, 2.75) is 75.0 Å². The van der Waals surface area contributed by atoms with Crippen molar-refractivity contribution in [1.29, 1.82) is 0 Å². The average Bonchev–Trinajstić information content (AvgIpc) is 3.15. The number of thioether (sulfide) groups is 1. The zero-order valence-electron chi connectivity index (χ0n) is 20.5. The zero-order valence-corrected chi connectivity index (χ0v) is 22.9. The minimum atomic E-state index is -3.70. The Morgan fingerprint density at radius 3 is 2.57 bits per heavy atom. The minimum Gasteiger partial charge on any atom is -0.481 e. The Labute approximate surface area is 217 Å². The van der Waals surface area contributed by atoms with Gasteiger partial charge in [-0.3, -0.25) is 4.79 Å². The molecule has 0 saturated heterocycles. The van der Waals surface area contributed by atoms with E-state index >= 15 is 0 Å². The summed E-state index contributed by atoms with van der Waals surface area (Å²) in [7, 11) is -2.26. The van der Waals surface area contributed by atoms with Crippen molar-refractivity contribution in [1.82, 2.24) is 9.62 Å². The van der Waals surface area contributed by atoms with Crippen LogP contribution in [0.2, 0.25) is 0 Å². The van der Waals surface area contributed by atoms with Crippen molar-refractivity contribution >= 4 is 39.4 Å². The molecule has 1 aromatic carbocycles. The molecule has 0 saturated carbocycles. The largest absolute Gasteiger partial charge is 0.481 e. The van der Waals surface area contributed by atoms with Gasteiger partial charge < -0.3 is 15.5 Å². The summed E-state index contributed by atoms with van der Waals surface area (Å²) in [5.74, 6) is -1.14. The molecule has 1 aromatic rings. The molecular weight excluding hydrogens is 515 g/mol. The van der Waals surface area contributed by atoms with E-state index in [2.05, 4.69) is 5.32 Å². The number of aryl methyl sites for hydroxylation is 1. The quantitative estimate of drug-likeness (QED) is 0.299. The van der Waals surface area contributed by atoms with Crippen LogP contribution in [-0.2, 0) is 21.2 Å². The highest BCUT2D eigenvalue weighted by molar-refractivity contribution is 8.16. The van der Waals surface area contributed by atoms with Gasteiger partial charge in [0, 0.05) is 32.1 Å². The number of rotatable bonds is 15. The van der Waals surface area contributed by atoms with Crippen LogP contribution in [0.5, 0.6) is 0 Å². The molecule has 0 bridgehead atoms. The Morgan fingerprint density at radius 1 is 1.29 bits per heavy atom. The maximum Gasteiger partial charge on any atom is 0.303 e. The van der Waals surface area contributed by atoms with E-state index in [-0.39, 0.29) is 37.3 Å². The number of aliphatic carboxylic acids is 1. The van der Waals surface area contributed by atoms with Gasteiger partial charge in [0.05, 0.1) is 10.5 Å². The normalized spacial score (nSPS) is 17.9. The average molecular weight is 551 g/mol. The fourth-order valence-electron chi connectivity index (χ4n) is 3.88. The summed E-state index contributed by atoms with van der Waals surface area (Å²) in [5, 5.41) is 22.6. The number of carbonyl (C=O) groups is 1. The number of nitrogens with one attached hydrogen (secondary N) is 1. The number of allylic oxidation sites excluding steroid dienone is 1. The lowest BCUT2D eigenvalue weighted by atomic mass is 9.95. The van der Waals surface area contributed by atoms with E-state index in [1.807, 2.05) is 13.8 Å². The Morgan fingerprint density at radius 2 is 1.94 bits per heavy atom. The second-order valence-corrected chi connectivity index (χ2v) is 13.9. The molecule has 1 unspecified atom stereocenters. The lowest BCUT2D eigenvalue weighted by Gasteiger charge is -2.29. The molecule has 0 aliphatic carbocycles. The molecule has 198 valence electrons. The van der Waals surface area contributed by atoms with E-state index in [9.17, 15) is 22.7 Å². The van der Waals surface area contributed by atoms with Gasteiger partial charge in [-0.15, -0.1) is 0 Å². The lowest BCUT2D eigenvalue weighted by molar-refractivity contribution is -0.137. The van der Waals surface area contributed by atoms with E-state index in [4.69, 9.17) is 16.7 Å². The van der Waals surface area contributed by atoms with E-state index in [1.165, 1.54) is 23.5 Å². The second kappa shape index (κ2) is 13.4. The van der Waals surface area contributed by atoms with Gasteiger partial charge in [-0.25, -0.2) is 17.1 Å². The molecule has 0 amide bonds. The first-order valence-corrected chi connectivity index (χ1v) is 14.4. The summed E-state index contributed by atoms with van der Waals surface area (Å²) >= 11 is 7.30. The predicted molar refractivity (Wildman–Crippen MR) is 139 cm³/mol. The minimum absolute atomic E-state index is 0.0113. The van der Waals surface area contributed by atoms with Gasteiger partial charge in [-0.2, -0.15) is 0 Å². The monoisotopic (exact) mass is 550 g/mol. The third-order valence-electron chi connectivity index (χ3n) is 6.03. The molecule has 3 N–H and O–H groups in total. The van der Waals surface area contributed by atoms with Gasteiger partial charge in [0.2, 0.25) is 10.0 Å². The van der Waals surface area contributed by atoms with Crippen LogP contribution in [0.3, 0.4) is 0 Å². The number of likely N-dealkylation sites (N-methyl/N-ethyl adjacent to an activating group) is 1. The topological polar surface area (TPSA) is 107 Å². The molecule has 11 heteroatoms. The van der Waals surface area contributed by atoms with Crippen LogP contribution in [0, 0.1) is 5.82 Å². The van der Waals surface area contributed by atoms with Crippen molar-refractivity contribution in [3.63, 3.8) is 0 Å². The van der Waals surface area contributed by atoms with E-state index in [1.54, 1.807) is 12.1 Å². The first kappa shape index (κ1) is 30.1. The first-order chi connectivity index (χ1) is 16.3. The van der Waals surface area contributed by atoms with Crippen molar-refractivity contribution in [3.05, 3.63) is 45.6 Å². The number of hydrogen-bond donors (Lipinski definition) is 3. The summed E-state index contributed by atoms with van der Waals surface area (Å²) in [4.78, 5) is 10.7. The van der Waals surface area contributed by atoms with Crippen LogP contribution < -0.4 is 5.32 Å². The third-order valence-corrected chi connectivity index (χ3v) is 10.4. The van der Waals surface area contributed by atoms with E-state index in [0.717, 1.165) is 42.2 Å². The van der Waals surface area contributed by atoms with Gasteiger partial charge in [0.25, 0.3) is 0 Å². The number of β-amino-alcohol motifs (C(OH)–C–C–N with tert-alkyl or cyclic N) is 1. The molecule has 1 aliphatic heterocycles. The number of nitrogens with zero attached hydrogens (tertiary/aromatic N) is 1. The van der Waals surface area contributed by atoms with E-state index in [0.29, 0.717) is 17.2 Å². The number of benzene rings is 1. The summed E-state index contributed by atoms with van der Waals surface area (Å²) < 4.78 is 39.9. The number of carboxylic acid groups (broad SMARTS) is 1. The van der Waals surface area contributed by atoms with Crippen LogP contribution in [0.1, 0.15) is 57.9 Å². The highest BCUT2D eigenvalue weighted by Gasteiger charge is 2.37. The molecule has 2 atom stereocenters. The number of carboxylic acids is 1. The van der Waals surface area contributed by atoms with Gasteiger partial charge in [0.1, 0.15) is 10.4 Å². The standard InChI is InChI=1S/C24H36ClFN2O5S2/c1-24(2,13-5-6-17-9-11-19(26)12-10-17)27-15-20(29)16-28(3)35(32,33)22-14-18(23(25)34-22)7-4-8-21(30)31/h9-12,20,22,27,29H,4-8,13-16H2,1-3H3,(H,30,31)/t20-,22?/m1/s1. The van der Waals surface area contributed by atoms with Crippen molar-refractivity contribution < 1.29 is 27.8 Å². The van der Waals surface area contributed by atoms with Gasteiger partial charge >= 0.3 is 5.97 Å². The van der Waals surface area contributed by atoms with Crippen molar-refractivity contribution in [2.24, 2.45) is 0 Å². The van der Waals surface area contributed by atoms with Crippen LogP contribution in [0.25, 0.3) is 0 Å². The maximum atomic E-state index is 13.0. The molecule has 7 nitrogen and oxygen atoms in total. The molecule has 0 spiro atoms. The second-order valence-electron chi connectivity index (χ2n) is 9.60. The molecule has 0 radical (unpaired) electrons. The SMILES string of the molecule is CN(C[C@H](O)CNC(C)(C)CCCc1ccc(F)cc1)S(=O)(=O)C1CC(CCCC(=O)O)=C(Cl)S1. The van der Waals surface area contributed by atoms with Gasteiger partial charge in [0.15, 0.2) is 0 Å². The smallest absolute Gasteiger partial charge is 0.303 e. The number of aliphatic hydroxyl groups is 1. The molecule has 1 heterocycles. The summed E-state index contributed by atoms with van der Waals surface area (Å²) in [5.41, 5.74) is 1.57. The predicted octanol–water partition coefficient (Wildman–Crippen LogP) is 4.31. The van der Waals surface area contributed by atoms with E-state index < -0.39 is 26.7 Å². The number of halogens is 2. The maximum absolute atomic E-state index is 13.0. The molecule has 35 heavy (non-hydrogen) atoms. The molecular formula is C24H36ClFN2O5S2. The van der Waals surface area contributed by atoms with Crippen LogP contribution in [-0.4, -0.2) is 65.3 Å². The Balaban J connectivity index is 1.77. The van der Waals surface area contributed by atoms with Crippen LogP contribution >= 0.6 is 23.4 Å². The van der Waals surface area contributed by atoms with Crippen LogP contribution in [0.15, 0.2) is 34.2 Å². The van der Waals surface area contributed by atoms with Crippen molar-refractivity contribution in [3.8, 4) is 0 Å². The summed E-state index contributed by atoms with van der Waals surface area (Å²) in [6.07, 6.45) is 2.78. The number of aliphatic hydroxyl groups excluding tert-OH is 1. The number of sulfonamides is 1. The fraction of sp³-hybridized carbons (Fsp3) is 0.625. The summed E-state index contributed by atoms with van der Waals surface area (Å²) in [6.45, 7) is 4.24. The highest BCUT2D eigenvalue weighted by Crippen LogP contribution is 2.45. The fourth-order valence-corrected chi connectivity index (χ4v) is 7.80. The van der Waals surface area contributed by atoms with Crippen LogP contribution in [0.4, 0.5) is 4.39 Å². The molecule has 1 aliphatic rings. The zero-order chi connectivity index (χ0) is 26.2. The van der Waals surface area contributed by atoms with Crippen molar-refractivity contribution in [2.75, 3.05) is 20.1 Å². The Kier molecular flexibility index (Phi) is 11.5. The third kappa shape index (κ3) is 10.0. The van der Waals surface area contributed by atoms with Gasteiger partial charge in [-0.1, -0.05) is 35.5 Å². The molecule has 0 fully saturated rings. The Hall–Kier alpha value is -1.17. The number of hydrogen-bond acceptors (Lipinski definition) is 6. The molecule has 0 aromatic heterocycles. The van der Waals surface area contributed by atoms with Gasteiger partial charge in [-0.05, 0) is 75.6 Å².